The molecule has 0 radical (unpaired) electrons. The number of amides is 1. The van der Waals surface area contributed by atoms with E-state index in [9.17, 15) is 17.6 Å². The van der Waals surface area contributed by atoms with Gasteiger partial charge in [-0.1, -0.05) is 0 Å². The molecule has 10 heteroatoms. The smallest absolute Gasteiger partial charge is 0.412 e. The molecule has 1 amide bonds. The molecule has 1 heterocycles. The summed E-state index contributed by atoms with van der Waals surface area (Å²) in [5, 5.41) is 5.87. The molecule has 0 saturated heterocycles. The molecule has 0 spiro atoms. The number of nitrogens with one attached hydrogen (secondary N) is 2. The van der Waals surface area contributed by atoms with E-state index < -0.39 is 15.9 Å². The molecule has 0 saturated carbocycles. The summed E-state index contributed by atoms with van der Waals surface area (Å²) in [4.78, 5) is 12.1. The van der Waals surface area contributed by atoms with Crippen LogP contribution in [-0.2, 0) is 9.84 Å². The summed E-state index contributed by atoms with van der Waals surface area (Å²) in [6, 6.07) is 16.0. The van der Waals surface area contributed by atoms with Crippen LogP contribution in [0.3, 0.4) is 0 Å². The highest BCUT2D eigenvalue weighted by molar-refractivity contribution is 7.90. The number of anilines is 1. The highest BCUT2D eigenvalue weighted by atomic mass is 32.2. The summed E-state index contributed by atoms with van der Waals surface area (Å²) in [5.41, 5.74) is 2.36. The number of fused-ring (bicyclic) bond motifs is 1. The van der Waals surface area contributed by atoms with Gasteiger partial charge in [0.25, 0.3) is 0 Å². The number of hydrogen-bond donors (Lipinski definition) is 2. The highest BCUT2D eigenvalue weighted by Gasteiger charge is 2.21. The quantitative estimate of drug-likeness (QED) is 0.348. The van der Waals surface area contributed by atoms with E-state index in [1.54, 1.807) is 36.4 Å². The maximum absolute atomic E-state index is 13.1. The van der Waals surface area contributed by atoms with Crippen LogP contribution in [0.2, 0.25) is 0 Å². The van der Waals surface area contributed by atoms with Crippen molar-refractivity contribution < 1.29 is 31.5 Å². The average Bonchev–Trinajstić information content (AvgIpc) is 3.15. The van der Waals surface area contributed by atoms with Gasteiger partial charge in [-0.05, 0) is 67.1 Å². The lowest BCUT2D eigenvalue weighted by molar-refractivity contribution is 0.203. The van der Waals surface area contributed by atoms with E-state index in [2.05, 4.69) is 10.6 Å². The number of halogens is 1. The maximum atomic E-state index is 13.1. The molecule has 2 N–H and O–H groups in total. The fourth-order valence-corrected chi connectivity index (χ4v) is 3.79. The van der Waals surface area contributed by atoms with E-state index in [4.69, 9.17) is 13.9 Å². The number of benzene rings is 3. The monoisotopic (exact) mass is 498 g/mol. The minimum atomic E-state index is -3.24. The van der Waals surface area contributed by atoms with Crippen molar-refractivity contribution in [1.29, 1.82) is 0 Å². The van der Waals surface area contributed by atoms with Crippen molar-refractivity contribution in [2.75, 3.05) is 24.5 Å². The number of hydrogen-bond acceptors (Lipinski definition) is 7. The SMILES string of the molecule is CNC(=O)Oc1c(-c2ccc(Oc3ccc(F)cc3)cc2)oc2cc(NCS(C)(=O)=O)c(C)cc12. The molecule has 4 aromatic rings. The zero-order valence-corrected chi connectivity index (χ0v) is 20.0. The van der Waals surface area contributed by atoms with E-state index >= 15 is 0 Å². The summed E-state index contributed by atoms with van der Waals surface area (Å²) < 4.78 is 53.5. The van der Waals surface area contributed by atoms with Crippen LogP contribution in [0.4, 0.5) is 14.9 Å². The molecule has 0 atom stereocenters. The fraction of sp³-hybridized carbons (Fsp3) is 0.160. The molecular formula is C25H23FN2O6S. The van der Waals surface area contributed by atoms with Crippen molar-refractivity contribution in [2.45, 2.75) is 6.92 Å². The van der Waals surface area contributed by atoms with Gasteiger partial charge in [0.2, 0.25) is 0 Å². The topological polar surface area (TPSA) is 107 Å². The van der Waals surface area contributed by atoms with Gasteiger partial charge in [-0.2, -0.15) is 0 Å². The summed E-state index contributed by atoms with van der Waals surface area (Å²) in [7, 11) is -1.79. The molecule has 182 valence electrons. The first-order valence-corrected chi connectivity index (χ1v) is 12.6. The Morgan fingerprint density at radius 2 is 1.66 bits per heavy atom. The molecule has 1 aromatic heterocycles. The minimum Gasteiger partial charge on any atom is -0.457 e. The number of carbonyl (C=O) groups is 1. The van der Waals surface area contributed by atoms with E-state index in [0.717, 1.165) is 11.8 Å². The van der Waals surface area contributed by atoms with Gasteiger partial charge in [0.15, 0.2) is 21.3 Å². The van der Waals surface area contributed by atoms with Crippen molar-refractivity contribution in [2.24, 2.45) is 0 Å². The van der Waals surface area contributed by atoms with Gasteiger partial charge in [-0.25, -0.2) is 17.6 Å². The van der Waals surface area contributed by atoms with Gasteiger partial charge >= 0.3 is 6.09 Å². The molecule has 0 aliphatic carbocycles. The number of carbonyl (C=O) groups excluding carboxylic acids is 1. The molecule has 0 bridgehead atoms. The Kier molecular flexibility index (Phi) is 6.65. The van der Waals surface area contributed by atoms with E-state index in [1.165, 1.54) is 31.3 Å². The molecule has 0 unspecified atom stereocenters. The molecular weight excluding hydrogens is 475 g/mol. The standard InChI is InChI=1S/C25H23FN2O6S/c1-15-12-20-22(13-21(15)28-14-35(3,30)31)33-23(24(20)34-25(29)27-2)16-4-8-18(9-5-16)32-19-10-6-17(26)7-11-19/h4-13,28H,14H2,1-3H3,(H,27,29). The van der Waals surface area contributed by atoms with Crippen molar-refractivity contribution >= 4 is 32.6 Å². The number of sulfone groups is 1. The predicted molar refractivity (Wildman–Crippen MR) is 131 cm³/mol. The summed E-state index contributed by atoms with van der Waals surface area (Å²) in [6.45, 7) is 1.81. The van der Waals surface area contributed by atoms with Crippen molar-refractivity contribution in [1.82, 2.24) is 5.32 Å². The summed E-state index contributed by atoms with van der Waals surface area (Å²) in [5.74, 6) is 0.959. The van der Waals surface area contributed by atoms with Crippen molar-refractivity contribution in [3.8, 4) is 28.6 Å². The van der Waals surface area contributed by atoms with Crippen molar-refractivity contribution in [3.05, 3.63) is 72.0 Å². The average molecular weight is 499 g/mol. The second-order valence-corrected chi connectivity index (χ2v) is 10.0. The maximum Gasteiger partial charge on any atom is 0.412 e. The lowest BCUT2D eigenvalue weighted by atomic mass is 10.1. The van der Waals surface area contributed by atoms with Crippen LogP contribution in [-0.4, -0.2) is 33.7 Å². The molecule has 4 rings (SSSR count). The molecule has 3 aromatic carbocycles. The minimum absolute atomic E-state index is 0.226. The van der Waals surface area contributed by atoms with E-state index in [-0.39, 0.29) is 17.4 Å². The number of aryl methyl sites for hydroxylation is 1. The third-order valence-electron chi connectivity index (χ3n) is 5.08. The van der Waals surface area contributed by atoms with Gasteiger partial charge in [0, 0.05) is 30.6 Å². The fourth-order valence-electron chi connectivity index (χ4n) is 3.38. The Balaban J connectivity index is 1.71. The van der Waals surface area contributed by atoms with Gasteiger partial charge in [-0.3, -0.25) is 0 Å². The third-order valence-corrected chi connectivity index (χ3v) is 5.75. The predicted octanol–water partition coefficient (Wildman–Crippen LogP) is 5.47. The van der Waals surface area contributed by atoms with Gasteiger partial charge in [0.1, 0.15) is 28.8 Å². The second kappa shape index (κ2) is 9.67. The zero-order chi connectivity index (χ0) is 25.2. The lowest BCUT2D eigenvalue weighted by Crippen LogP contribution is -2.22. The Morgan fingerprint density at radius 1 is 1.03 bits per heavy atom. The largest absolute Gasteiger partial charge is 0.457 e. The van der Waals surface area contributed by atoms with Crippen LogP contribution in [0, 0.1) is 12.7 Å². The molecule has 8 nitrogen and oxygen atoms in total. The highest BCUT2D eigenvalue weighted by Crippen LogP contribution is 2.42. The second-order valence-electron chi connectivity index (χ2n) is 7.89. The first-order chi connectivity index (χ1) is 16.6. The number of rotatable bonds is 7. The lowest BCUT2D eigenvalue weighted by Gasteiger charge is -2.09. The van der Waals surface area contributed by atoms with Crippen LogP contribution >= 0.6 is 0 Å². The normalized spacial score (nSPS) is 11.3. The summed E-state index contributed by atoms with van der Waals surface area (Å²) in [6.07, 6.45) is 0.472. The Bertz CT molecular complexity index is 1480. The van der Waals surface area contributed by atoms with Crippen molar-refractivity contribution in [3.63, 3.8) is 0 Å². The van der Waals surface area contributed by atoms with Gasteiger partial charge < -0.3 is 24.5 Å². The molecule has 35 heavy (non-hydrogen) atoms. The number of furan rings is 1. The van der Waals surface area contributed by atoms with Crippen LogP contribution in [0.5, 0.6) is 17.2 Å². The first kappa shape index (κ1) is 24.1. The van der Waals surface area contributed by atoms with E-state index in [1.807, 2.05) is 6.92 Å². The molecule has 0 fully saturated rings. The Morgan fingerprint density at radius 3 is 2.26 bits per heavy atom. The van der Waals surface area contributed by atoms with E-state index in [0.29, 0.717) is 39.5 Å². The Labute approximate surface area is 201 Å². The number of ether oxygens (including phenoxy) is 2. The van der Waals surface area contributed by atoms with Crippen LogP contribution in [0.1, 0.15) is 5.56 Å². The zero-order valence-electron chi connectivity index (χ0n) is 19.2. The Hall–Kier alpha value is -4.05. The first-order valence-electron chi connectivity index (χ1n) is 10.5. The van der Waals surface area contributed by atoms with Crippen LogP contribution in [0.15, 0.2) is 65.1 Å². The third kappa shape index (κ3) is 5.72. The van der Waals surface area contributed by atoms with Gasteiger partial charge in [0.05, 0.1) is 5.39 Å². The summed E-state index contributed by atoms with van der Waals surface area (Å²) >= 11 is 0. The van der Waals surface area contributed by atoms with Crippen LogP contribution in [0.25, 0.3) is 22.3 Å². The molecule has 0 aliphatic rings. The van der Waals surface area contributed by atoms with Crippen LogP contribution < -0.4 is 20.1 Å². The van der Waals surface area contributed by atoms with Gasteiger partial charge in [-0.15, -0.1) is 0 Å². The molecule has 0 aliphatic heterocycles.